The van der Waals surface area contributed by atoms with Crippen LogP contribution in [0.15, 0.2) is 243 Å². The second-order valence-corrected chi connectivity index (χ2v) is 31.6. The van der Waals surface area contributed by atoms with Gasteiger partial charge in [-0.2, -0.15) is 0 Å². The van der Waals surface area contributed by atoms with Crippen LogP contribution in [0.2, 0.25) is 0 Å². The van der Waals surface area contributed by atoms with E-state index in [2.05, 4.69) is 345 Å². The summed E-state index contributed by atoms with van der Waals surface area (Å²) in [5, 5.41) is 12.7. The largest absolute Gasteiger partial charge is 0.310 e. The average Bonchev–Trinajstić information content (AvgIpc) is 1.58. The third kappa shape index (κ3) is 9.59. The van der Waals surface area contributed by atoms with Crippen molar-refractivity contribution in [3.63, 3.8) is 0 Å². The van der Waals surface area contributed by atoms with Gasteiger partial charge in [0.15, 0.2) is 0 Å². The molecule has 6 heteroatoms. The summed E-state index contributed by atoms with van der Waals surface area (Å²) in [6.45, 7) is 27.9. The molecule has 12 aromatic carbocycles. The molecule has 16 aromatic rings. The number of para-hydroxylation sites is 4. The fraction of sp³-hybridized carbons (Fsp3) is 0.186. The molecule has 4 nitrogen and oxygen atoms in total. The van der Waals surface area contributed by atoms with E-state index in [0.717, 1.165) is 34.1 Å². The number of aromatic nitrogens is 2. The summed E-state index contributed by atoms with van der Waals surface area (Å²) in [5.74, 6) is 0. The van der Waals surface area contributed by atoms with E-state index in [-0.39, 0.29) is 21.7 Å². The minimum Gasteiger partial charge on any atom is -0.310 e. The van der Waals surface area contributed by atoms with Crippen LogP contribution in [-0.4, -0.2) is 9.13 Å². The van der Waals surface area contributed by atoms with Gasteiger partial charge in [-0.3, -0.25) is 0 Å². The predicted molar refractivity (Wildman–Crippen MR) is 403 cm³/mol. The van der Waals surface area contributed by atoms with Crippen LogP contribution < -0.4 is 9.80 Å². The molecule has 0 amide bonds. The van der Waals surface area contributed by atoms with E-state index < -0.39 is 0 Å². The number of benzene rings is 12. The number of anilines is 6. The Morgan fingerprint density at radius 3 is 0.891 bits per heavy atom. The number of rotatable bonds is 8. The summed E-state index contributed by atoms with van der Waals surface area (Å²) in [4.78, 5) is 4.87. The van der Waals surface area contributed by atoms with Gasteiger partial charge in [0.2, 0.25) is 0 Å². The molecule has 4 heterocycles. The Balaban J connectivity index is 0.790. The highest BCUT2D eigenvalue weighted by atomic mass is 32.1. The molecular weight excluding hydrogens is 1150 g/mol. The number of hydrogen-bond acceptors (Lipinski definition) is 4. The van der Waals surface area contributed by atoms with Crippen LogP contribution in [0, 0.1) is 0 Å². The van der Waals surface area contributed by atoms with E-state index in [1.165, 1.54) is 128 Å². The van der Waals surface area contributed by atoms with Gasteiger partial charge in [-0.05, 0) is 165 Å². The van der Waals surface area contributed by atoms with Gasteiger partial charge in [-0.25, -0.2) is 0 Å². The summed E-state index contributed by atoms with van der Waals surface area (Å²) in [7, 11) is 0. The minimum absolute atomic E-state index is 0.00579. The highest BCUT2D eigenvalue weighted by Crippen LogP contribution is 2.49. The number of nitrogens with zero attached hydrogens (tertiary/aromatic N) is 4. The number of thiophene rings is 2. The molecule has 0 N–H and O–H groups in total. The Hall–Kier alpha value is -9.46. The van der Waals surface area contributed by atoms with Crippen LogP contribution in [0.4, 0.5) is 34.1 Å². The Bertz CT molecular complexity index is 5210. The molecule has 92 heavy (non-hydrogen) atoms. The van der Waals surface area contributed by atoms with Gasteiger partial charge in [0.25, 0.3) is 0 Å². The summed E-state index contributed by atoms with van der Waals surface area (Å²) >= 11 is 3.82. The number of fused-ring (bicyclic) bond motifs is 15. The zero-order valence-corrected chi connectivity index (χ0v) is 56.3. The van der Waals surface area contributed by atoms with Crippen molar-refractivity contribution in [2.45, 2.75) is 105 Å². The number of hydrogen-bond donors (Lipinski definition) is 0. The van der Waals surface area contributed by atoms with Crippen LogP contribution in [0.25, 0.3) is 106 Å². The first kappa shape index (κ1) is 57.7. The second kappa shape index (κ2) is 21.0. The molecule has 0 fully saturated rings. The molecule has 0 aliphatic heterocycles. The lowest BCUT2D eigenvalue weighted by Crippen LogP contribution is -2.17. The monoisotopic (exact) mass is 1230 g/mol. The van der Waals surface area contributed by atoms with Crippen LogP contribution in [-0.2, 0) is 21.7 Å². The van der Waals surface area contributed by atoms with Crippen LogP contribution in [0.3, 0.4) is 0 Å². The maximum absolute atomic E-state index is 2.49. The van der Waals surface area contributed by atoms with Gasteiger partial charge in [0.05, 0.1) is 22.1 Å². The molecule has 0 bridgehead atoms. The lowest BCUT2D eigenvalue weighted by molar-refractivity contribution is 0.567. The molecular formula is C86H76N4S2. The molecule has 0 spiro atoms. The maximum Gasteiger partial charge on any atom is 0.0542 e. The molecule has 0 aliphatic carbocycles. The molecule has 16 rings (SSSR count). The van der Waals surface area contributed by atoms with Crippen LogP contribution in [0.5, 0.6) is 0 Å². The third-order valence-corrected chi connectivity index (χ3v) is 21.6. The molecule has 0 unspecified atom stereocenters. The molecule has 0 aliphatic rings. The van der Waals surface area contributed by atoms with E-state index in [1.54, 1.807) is 0 Å². The predicted octanol–water partition coefficient (Wildman–Crippen LogP) is 25.9. The van der Waals surface area contributed by atoms with Gasteiger partial charge in [0.1, 0.15) is 0 Å². The molecule has 0 saturated carbocycles. The van der Waals surface area contributed by atoms with Crippen molar-refractivity contribution in [3.8, 4) is 11.4 Å². The SMILES string of the molecule is CC(C)(C)c1cc(-n2c3ccccc3c3cc(N(c4ccccc4)c4ccc5c(c4)sc4c5ccc5c4ccc4c6ccc(N(c7ccccc7)c7ccc8c(c7)c7ccccc7n8-c7cc(C(C)(C)C)cc(C(C)(C)C)c7)cc6sc45)ccc32)cc(C(C)(C)C)c1. The Kier molecular flexibility index (Phi) is 13.2. The van der Waals surface area contributed by atoms with Crippen molar-refractivity contribution in [3.05, 3.63) is 265 Å². The molecule has 0 saturated heterocycles. The first-order valence-electron chi connectivity index (χ1n) is 32.5. The van der Waals surface area contributed by atoms with Crippen molar-refractivity contribution in [2.75, 3.05) is 9.80 Å². The van der Waals surface area contributed by atoms with Gasteiger partial charge in [-0.15, -0.1) is 22.7 Å². The highest BCUT2D eigenvalue weighted by Gasteiger charge is 2.27. The fourth-order valence-electron chi connectivity index (χ4n) is 14.1. The molecule has 4 aromatic heterocycles. The van der Waals surface area contributed by atoms with Gasteiger partial charge < -0.3 is 18.9 Å². The molecule has 452 valence electrons. The van der Waals surface area contributed by atoms with E-state index >= 15 is 0 Å². The lowest BCUT2D eigenvalue weighted by atomic mass is 9.80. The molecule has 0 radical (unpaired) electrons. The Morgan fingerprint density at radius 1 is 0.239 bits per heavy atom. The van der Waals surface area contributed by atoms with Crippen molar-refractivity contribution in [2.24, 2.45) is 0 Å². The summed E-state index contributed by atoms with van der Waals surface area (Å²) in [6.07, 6.45) is 0. The summed E-state index contributed by atoms with van der Waals surface area (Å²) in [5.41, 5.74) is 19.3. The van der Waals surface area contributed by atoms with Crippen molar-refractivity contribution in [1.82, 2.24) is 9.13 Å². The smallest absolute Gasteiger partial charge is 0.0542 e. The minimum atomic E-state index is -0.00579. The summed E-state index contributed by atoms with van der Waals surface area (Å²) in [6, 6.07) is 91.9. The van der Waals surface area contributed by atoms with E-state index in [0.29, 0.717) is 0 Å². The van der Waals surface area contributed by atoms with Gasteiger partial charge in [0, 0.05) is 118 Å². The third-order valence-electron chi connectivity index (χ3n) is 19.2. The van der Waals surface area contributed by atoms with Crippen molar-refractivity contribution >= 4 is 152 Å². The van der Waals surface area contributed by atoms with Crippen molar-refractivity contribution < 1.29 is 0 Å². The fourth-order valence-corrected chi connectivity index (χ4v) is 16.7. The van der Waals surface area contributed by atoms with Gasteiger partial charge in [-0.1, -0.05) is 204 Å². The second-order valence-electron chi connectivity index (χ2n) is 29.5. The van der Waals surface area contributed by atoms with E-state index in [9.17, 15) is 0 Å². The van der Waals surface area contributed by atoms with E-state index in [4.69, 9.17) is 0 Å². The topological polar surface area (TPSA) is 16.3 Å². The highest BCUT2D eigenvalue weighted by molar-refractivity contribution is 7.28. The zero-order chi connectivity index (χ0) is 63.3. The summed E-state index contributed by atoms with van der Waals surface area (Å²) < 4.78 is 10.2. The first-order chi connectivity index (χ1) is 44.1. The van der Waals surface area contributed by atoms with Crippen LogP contribution >= 0.6 is 22.7 Å². The van der Waals surface area contributed by atoms with Crippen LogP contribution in [0.1, 0.15) is 105 Å². The standard InChI is InChI=1S/C86H76N4S2/c1-83(2,3)53-43-54(84(4,5)6)46-63(45-53)89-75-29-21-19-27-65(75)73-49-59(33-41-77(73)89)87(57-23-15-13-16-24-57)61-31-35-67-69-37-39-72-71(81(69)91-79(67)51-61)40-38-70-68-36-32-62(52-80(68)92-82(70)72)88(58-25-17-14-18-26-58)60-34-42-78-74(50-60)66-28-20-22-30-76(66)90(78)64-47-55(85(7,8)9)44-56(48-64)86(10,11)12/h13-52H,1-12H3. The average molecular weight is 1230 g/mol. The maximum atomic E-state index is 2.49. The first-order valence-corrected chi connectivity index (χ1v) is 34.1. The van der Waals surface area contributed by atoms with Gasteiger partial charge >= 0.3 is 0 Å². The Labute approximate surface area is 547 Å². The molecule has 0 atom stereocenters. The van der Waals surface area contributed by atoms with E-state index in [1.807, 2.05) is 22.7 Å². The lowest BCUT2D eigenvalue weighted by Gasteiger charge is -2.27. The Morgan fingerprint density at radius 2 is 0.533 bits per heavy atom. The zero-order valence-electron chi connectivity index (χ0n) is 54.7. The normalized spacial score (nSPS) is 12.8. The quantitative estimate of drug-likeness (QED) is 0.151. The van der Waals surface area contributed by atoms with Crippen molar-refractivity contribution in [1.29, 1.82) is 0 Å².